The summed E-state index contributed by atoms with van der Waals surface area (Å²) in [5, 5.41) is 8.33. The number of nitrogens with zero attached hydrogens (tertiary/aromatic N) is 2. The second-order valence-electron chi connectivity index (χ2n) is 2.95. The number of rotatable bonds is 2. The Kier molecular flexibility index (Phi) is 3.10. The van der Waals surface area contributed by atoms with E-state index in [0.717, 1.165) is 11.3 Å². The lowest BCUT2D eigenvalue weighted by molar-refractivity contribution is 1.13. The summed E-state index contributed by atoms with van der Waals surface area (Å²) >= 11 is 0. The van der Waals surface area contributed by atoms with Crippen LogP contribution in [0.15, 0.2) is 30.3 Å². The van der Waals surface area contributed by atoms with E-state index in [0.29, 0.717) is 0 Å². The first-order valence-corrected chi connectivity index (χ1v) is 4.07. The van der Waals surface area contributed by atoms with E-state index in [9.17, 15) is 0 Å². The number of hydrogen-bond acceptors (Lipinski definition) is 2. The summed E-state index contributed by atoms with van der Waals surface area (Å²) in [6, 6.07) is 9.99. The van der Waals surface area contributed by atoms with Gasteiger partial charge in [0, 0.05) is 25.9 Å². The van der Waals surface area contributed by atoms with E-state index in [1.54, 1.807) is 6.08 Å². The SMILES string of the molecule is CN(C)c1ccc(/C=C\C#N)cc1. The van der Waals surface area contributed by atoms with Gasteiger partial charge in [-0.05, 0) is 23.8 Å². The average Bonchev–Trinajstić information content (AvgIpc) is 2.15. The lowest BCUT2D eigenvalue weighted by Gasteiger charge is -2.11. The second kappa shape index (κ2) is 4.32. The van der Waals surface area contributed by atoms with Crippen LogP contribution in [0.25, 0.3) is 6.08 Å². The molecule has 0 heterocycles. The van der Waals surface area contributed by atoms with Crippen molar-refractivity contribution in [1.29, 1.82) is 5.26 Å². The lowest BCUT2D eigenvalue weighted by Crippen LogP contribution is -2.07. The van der Waals surface area contributed by atoms with E-state index in [-0.39, 0.29) is 0 Å². The lowest BCUT2D eigenvalue weighted by atomic mass is 10.2. The van der Waals surface area contributed by atoms with Crippen LogP contribution >= 0.6 is 0 Å². The number of benzene rings is 1. The molecule has 1 rings (SSSR count). The fraction of sp³-hybridized carbons (Fsp3) is 0.182. The van der Waals surface area contributed by atoms with Gasteiger partial charge in [-0.25, -0.2) is 0 Å². The topological polar surface area (TPSA) is 27.0 Å². The summed E-state index contributed by atoms with van der Waals surface area (Å²) in [5.74, 6) is 0. The fourth-order valence-corrected chi connectivity index (χ4v) is 1.02. The Bertz CT molecular complexity index is 328. The number of nitriles is 1. The van der Waals surface area contributed by atoms with Gasteiger partial charge in [-0.15, -0.1) is 0 Å². The molecule has 0 saturated carbocycles. The van der Waals surface area contributed by atoms with Gasteiger partial charge >= 0.3 is 0 Å². The highest BCUT2D eigenvalue weighted by Crippen LogP contribution is 2.12. The minimum absolute atomic E-state index is 1.05. The van der Waals surface area contributed by atoms with Crippen LogP contribution in [0.3, 0.4) is 0 Å². The maximum absolute atomic E-state index is 8.33. The van der Waals surface area contributed by atoms with Gasteiger partial charge in [0.1, 0.15) is 0 Å². The molecule has 0 radical (unpaired) electrons. The molecule has 1 aromatic carbocycles. The first-order chi connectivity index (χ1) is 6.24. The molecule has 0 N–H and O–H groups in total. The molecule has 0 aromatic heterocycles. The molecule has 1 aromatic rings. The standard InChI is InChI=1S/C11H12N2/c1-13(2)11-7-5-10(6-8-11)4-3-9-12/h3-8H,1-2H3/b4-3-. The molecule has 0 aliphatic heterocycles. The summed E-state index contributed by atoms with van der Waals surface area (Å²) in [5.41, 5.74) is 2.21. The van der Waals surface area contributed by atoms with Gasteiger partial charge < -0.3 is 4.90 Å². The van der Waals surface area contributed by atoms with Gasteiger partial charge in [-0.3, -0.25) is 0 Å². The molecule has 13 heavy (non-hydrogen) atoms. The van der Waals surface area contributed by atoms with Crippen LogP contribution in [-0.2, 0) is 0 Å². The second-order valence-corrected chi connectivity index (χ2v) is 2.95. The van der Waals surface area contributed by atoms with Crippen molar-refractivity contribution in [1.82, 2.24) is 0 Å². The Morgan fingerprint density at radius 3 is 2.31 bits per heavy atom. The first-order valence-electron chi connectivity index (χ1n) is 4.07. The molecule has 0 bridgehead atoms. The van der Waals surface area contributed by atoms with Crippen LogP contribution in [0.5, 0.6) is 0 Å². The smallest absolute Gasteiger partial charge is 0.0912 e. The zero-order valence-corrected chi connectivity index (χ0v) is 7.86. The third-order valence-corrected chi connectivity index (χ3v) is 1.76. The Morgan fingerprint density at radius 2 is 1.85 bits per heavy atom. The maximum atomic E-state index is 8.33. The van der Waals surface area contributed by atoms with E-state index >= 15 is 0 Å². The quantitative estimate of drug-likeness (QED) is 0.640. The molecule has 0 spiro atoms. The summed E-state index contributed by atoms with van der Waals surface area (Å²) in [6.07, 6.45) is 3.27. The Labute approximate surface area is 78.7 Å². The van der Waals surface area contributed by atoms with Crippen molar-refractivity contribution in [3.05, 3.63) is 35.9 Å². The molecule has 0 amide bonds. The highest BCUT2D eigenvalue weighted by Gasteiger charge is 1.92. The van der Waals surface area contributed by atoms with Crippen molar-refractivity contribution in [3.8, 4) is 6.07 Å². The van der Waals surface area contributed by atoms with E-state index in [4.69, 9.17) is 5.26 Å². The highest BCUT2D eigenvalue weighted by molar-refractivity contribution is 5.56. The molecule has 0 saturated heterocycles. The number of allylic oxidation sites excluding steroid dienone is 1. The molecular weight excluding hydrogens is 160 g/mol. The minimum Gasteiger partial charge on any atom is -0.378 e. The van der Waals surface area contributed by atoms with Crippen molar-refractivity contribution in [2.45, 2.75) is 0 Å². The van der Waals surface area contributed by atoms with Crippen LogP contribution < -0.4 is 4.90 Å². The van der Waals surface area contributed by atoms with Crippen LogP contribution in [0.2, 0.25) is 0 Å². The molecule has 0 fully saturated rings. The molecule has 0 atom stereocenters. The van der Waals surface area contributed by atoms with Crippen LogP contribution in [0, 0.1) is 11.3 Å². The Balaban J connectivity index is 2.83. The molecule has 66 valence electrons. The Morgan fingerprint density at radius 1 is 1.23 bits per heavy atom. The molecule has 0 aliphatic carbocycles. The molecule has 2 heteroatoms. The predicted molar refractivity (Wildman–Crippen MR) is 55.4 cm³/mol. The van der Waals surface area contributed by atoms with Gasteiger partial charge in [0.05, 0.1) is 6.07 Å². The minimum atomic E-state index is 1.05. The Hall–Kier alpha value is -1.75. The van der Waals surface area contributed by atoms with Gasteiger partial charge in [0.15, 0.2) is 0 Å². The summed E-state index contributed by atoms with van der Waals surface area (Å²) in [4.78, 5) is 2.04. The van der Waals surface area contributed by atoms with Crippen LogP contribution in [-0.4, -0.2) is 14.1 Å². The number of anilines is 1. The molecular formula is C11H12N2. The third kappa shape index (κ3) is 2.64. The predicted octanol–water partition coefficient (Wildman–Crippen LogP) is 2.29. The summed E-state index contributed by atoms with van der Waals surface area (Å²) in [7, 11) is 4.00. The van der Waals surface area contributed by atoms with Crippen molar-refractivity contribution < 1.29 is 0 Å². The van der Waals surface area contributed by atoms with Crippen LogP contribution in [0.4, 0.5) is 5.69 Å². The zero-order valence-electron chi connectivity index (χ0n) is 7.86. The average molecular weight is 172 g/mol. The van der Waals surface area contributed by atoms with E-state index < -0.39 is 0 Å². The van der Waals surface area contributed by atoms with Gasteiger partial charge in [0.2, 0.25) is 0 Å². The summed E-state index contributed by atoms with van der Waals surface area (Å²) < 4.78 is 0. The molecule has 0 aliphatic rings. The maximum Gasteiger partial charge on any atom is 0.0912 e. The molecule has 2 nitrogen and oxygen atoms in total. The normalized spacial score (nSPS) is 9.92. The molecule has 0 unspecified atom stereocenters. The van der Waals surface area contributed by atoms with Crippen molar-refractivity contribution in [2.75, 3.05) is 19.0 Å². The summed E-state index contributed by atoms with van der Waals surface area (Å²) in [6.45, 7) is 0. The van der Waals surface area contributed by atoms with E-state index in [1.165, 1.54) is 6.08 Å². The fourth-order valence-electron chi connectivity index (χ4n) is 1.02. The number of hydrogen-bond donors (Lipinski definition) is 0. The monoisotopic (exact) mass is 172 g/mol. The van der Waals surface area contributed by atoms with E-state index in [2.05, 4.69) is 0 Å². The zero-order chi connectivity index (χ0) is 9.68. The largest absolute Gasteiger partial charge is 0.378 e. The van der Waals surface area contributed by atoms with Gasteiger partial charge in [-0.2, -0.15) is 5.26 Å². The van der Waals surface area contributed by atoms with E-state index in [1.807, 2.05) is 49.3 Å². The highest BCUT2D eigenvalue weighted by atomic mass is 15.1. The third-order valence-electron chi connectivity index (χ3n) is 1.76. The van der Waals surface area contributed by atoms with Crippen molar-refractivity contribution >= 4 is 11.8 Å². The van der Waals surface area contributed by atoms with Crippen molar-refractivity contribution in [2.24, 2.45) is 0 Å². The van der Waals surface area contributed by atoms with Crippen LogP contribution in [0.1, 0.15) is 5.56 Å². The van der Waals surface area contributed by atoms with Crippen molar-refractivity contribution in [3.63, 3.8) is 0 Å². The van der Waals surface area contributed by atoms with Gasteiger partial charge in [0.25, 0.3) is 0 Å². The van der Waals surface area contributed by atoms with Gasteiger partial charge in [-0.1, -0.05) is 12.1 Å². The first kappa shape index (κ1) is 9.34.